The SMILES string of the molecule is CC(=O)c1sc(NCCCc2cn[nH]c2C)cc1N. The molecule has 0 aliphatic heterocycles. The van der Waals surface area contributed by atoms with Crippen LogP contribution in [0.2, 0.25) is 0 Å². The van der Waals surface area contributed by atoms with Crippen LogP contribution >= 0.6 is 11.3 Å². The maximum atomic E-state index is 11.3. The monoisotopic (exact) mass is 278 g/mol. The molecule has 19 heavy (non-hydrogen) atoms. The number of Topliss-reactive ketones (excluding diaryl/α,β-unsaturated/α-hetero) is 1. The zero-order valence-electron chi connectivity index (χ0n) is 11.1. The van der Waals surface area contributed by atoms with Gasteiger partial charge in [0.05, 0.1) is 21.8 Å². The number of H-pyrrole nitrogens is 1. The molecule has 0 aliphatic rings. The number of rotatable bonds is 6. The fourth-order valence-electron chi connectivity index (χ4n) is 1.89. The standard InChI is InChI=1S/C13H18N4OS/c1-8-10(7-16-17-8)4-3-5-15-12-6-11(14)13(19-12)9(2)18/h6-7,15H,3-5,14H2,1-2H3,(H,16,17). The van der Waals surface area contributed by atoms with Gasteiger partial charge >= 0.3 is 0 Å². The highest BCUT2D eigenvalue weighted by molar-refractivity contribution is 7.18. The second-order valence-electron chi connectivity index (χ2n) is 4.50. The number of nitrogen functional groups attached to an aromatic ring is 1. The van der Waals surface area contributed by atoms with E-state index in [2.05, 4.69) is 15.5 Å². The van der Waals surface area contributed by atoms with Crippen molar-refractivity contribution in [3.63, 3.8) is 0 Å². The van der Waals surface area contributed by atoms with Crippen LogP contribution in [0.5, 0.6) is 0 Å². The number of carbonyl (C=O) groups is 1. The molecule has 0 saturated carbocycles. The minimum absolute atomic E-state index is 0.0181. The summed E-state index contributed by atoms with van der Waals surface area (Å²) in [6, 6.07) is 1.82. The molecule has 0 aromatic carbocycles. The molecule has 0 amide bonds. The fourth-order valence-corrected chi connectivity index (χ4v) is 2.79. The first-order valence-electron chi connectivity index (χ1n) is 6.21. The molecule has 5 nitrogen and oxygen atoms in total. The Labute approximate surface area is 116 Å². The highest BCUT2D eigenvalue weighted by atomic mass is 32.1. The van der Waals surface area contributed by atoms with Gasteiger partial charge in [0.25, 0.3) is 0 Å². The van der Waals surface area contributed by atoms with Gasteiger partial charge in [-0.05, 0) is 31.4 Å². The summed E-state index contributed by atoms with van der Waals surface area (Å²) >= 11 is 1.41. The van der Waals surface area contributed by atoms with E-state index < -0.39 is 0 Å². The van der Waals surface area contributed by atoms with Crippen molar-refractivity contribution in [2.75, 3.05) is 17.6 Å². The van der Waals surface area contributed by atoms with Crippen LogP contribution in [0.3, 0.4) is 0 Å². The van der Waals surface area contributed by atoms with E-state index in [1.165, 1.54) is 23.8 Å². The van der Waals surface area contributed by atoms with Gasteiger partial charge in [-0.2, -0.15) is 5.10 Å². The summed E-state index contributed by atoms with van der Waals surface area (Å²) in [5.74, 6) is 0.0181. The van der Waals surface area contributed by atoms with Crippen LogP contribution < -0.4 is 11.1 Å². The number of nitrogens with two attached hydrogens (primary N) is 1. The largest absolute Gasteiger partial charge is 0.397 e. The number of nitrogens with zero attached hydrogens (tertiary/aromatic N) is 1. The molecule has 102 valence electrons. The molecule has 0 aliphatic carbocycles. The maximum Gasteiger partial charge on any atom is 0.171 e. The molecule has 0 unspecified atom stereocenters. The van der Waals surface area contributed by atoms with Crippen molar-refractivity contribution in [3.05, 3.63) is 28.4 Å². The molecule has 2 heterocycles. The van der Waals surface area contributed by atoms with Crippen molar-refractivity contribution in [1.29, 1.82) is 0 Å². The van der Waals surface area contributed by atoms with Crippen LogP contribution in [-0.2, 0) is 6.42 Å². The zero-order valence-corrected chi connectivity index (χ0v) is 11.9. The summed E-state index contributed by atoms with van der Waals surface area (Å²) in [5, 5.41) is 11.2. The van der Waals surface area contributed by atoms with Gasteiger partial charge in [-0.1, -0.05) is 0 Å². The van der Waals surface area contributed by atoms with Crippen LogP contribution in [0.25, 0.3) is 0 Å². The summed E-state index contributed by atoms with van der Waals surface area (Å²) in [5.41, 5.74) is 8.71. The van der Waals surface area contributed by atoms with Gasteiger partial charge in [0, 0.05) is 19.2 Å². The van der Waals surface area contributed by atoms with Crippen molar-refractivity contribution in [1.82, 2.24) is 10.2 Å². The Kier molecular flexibility index (Phi) is 4.21. The van der Waals surface area contributed by atoms with E-state index in [1.54, 1.807) is 0 Å². The molecule has 0 spiro atoms. The molecule has 2 aromatic heterocycles. The molecule has 0 atom stereocenters. The summed E-state index contributed by atoms with van der Waals surface area (Å²) in [4.78, 5) is 11.9. The summed E-state index contributed by atoms with van der Waals surface area (Å²) in [7, 11) is 0. The van der Waals surface area contributed by atoms with Gasteiger partial charge in [-0.15, -0.1) is 11.3 Å². The summed E-state index contributed by atoms with van der Waals surface area (Å²) < 4.78 is 0. The second-order valence-corrected chi connectivity index (χ2v) is 5.55. The number of ketones is 1. The normalized spacial score (nSPS) is 10.6. The molecular formula is C13H18N4OS. The Bertz CT molecular complexity index is 573. The number of carbonyl (C=O) groups excluding carboxylic acids is 1. The fraction of sp³-hybridized carbons (Fsp3) is 0.385. The second kappa shape index (κ2) is 5.88. The van der Waals surface area contributed by atoms with Crippen molar-refractivity contribution >= 4 is 27.8 Å². The van der Waals surface area contributed by atoms with Gasteiger partial charge in [-0.25, -0.2) is 0 Å². The van der Waals surface area contributed by atoms with E-state index in [-0.39, 0.29) is 5.78 Å². The average molecular weight is 278 g/mol. The molecular weight excluding hydrogens is 260 g/mol. The van der Waals surface area contributed by atoms with Crippen molar-refractivity contribution in [2.45, 2.75) is 26.7 Å². The van der Waals surface area contributed by atoms with Gasteiger partial charge in [0.1, 0.15) is 0 Å². The first-order valence-corrected chi connectivity index (χ1v) is 7.02. The van der Waals surface area contributed by atoms with E-state index in [0.717, 1.165) is 30.1 Å². The average Bonchev–Trinajstić information content (AvgIpc) is 2.91. The van der Waals surface area contributed by atoms with Crippen LogP contribution in [0.4, 0.5) is 10.7 Å². The highest BCUT2D eigenvalue weighted by Crippen LogP contribution is 2.29. The molecule has 0 saturated heterocycles. The van der Waals surface area contributed by atoms with Crippen molar-refractivity contribution < 1.29 is 4.79 Å². The number of aryl methyl sites for hydroxylation is 2. The van der Waals surface area contributed by atoms with Crippen molar-refractivity contribution in [2.24, 2.45) is 0 Å². The summed E-state index contributed by atoms with van der Waals surface area (Å²) in [6.07, 6.45) is 3.86. The van der Waals surface area contributed by atoms with Gasteiger partial charge in [0.2, 0.25) is 0 Å². The van der Waals surface area contributed by atoms with E-state index in [0.29, 0.717) is 10.6 Å². The third-order valence-corrected chi connectivity index (χ3v) is 4.15. The van der Waals surface area contributed by atoms with E-state index >= 15 is 0 Å². The highest BCUT2D eigenvalue weighted by Gasteiger charge is 2.09. The lowest BCUT2D eigenvalue weighted by atomic mass is 10.1. The molecule has 6 heteroatoms. The van der Waals surface area contributed by atoms with Crippen molar-refractivity contribution in [3.8, 4) is 0 Å². The van der Waals surface area contributed by atoms with Crippen LogP contribution in [0.1, 0.15) is 34.3 Å². The molecule has 0 bridgehead atoms. The predicted octanol–water partition coefficient (Wildman–Crippen LogP) is 2.61. The number of hydrogen-bond donors (Lipinski definition) is 3. The molecule has 0 fully saturated rings. The van der Waals surface area contributed by atoms with Crippen LogP contribution in [-0.4, -0.2) is 22.5 Å². The van der Waals surface area contributed by atoms with Crippen LogP contribution in [0, 0.1) is 6.92 Å². The predicted molar refractivity (Wildman–Crippen MR) is 78.9 cm³/mol. The lowest BCUT2D eigenvalue weighted by Crippen LogP contribution is -2.01. The minimum atomic E-state index is 0.0181. The third kappa shape index (κ3) is 3.35. The zero-order chi connectivity index (χ0) is 13.8. The lowest BCUT2D eigenvalue weighted by molar-refractivity contribution is 0.102. The Balaban J connectivity index is 1.81. The van der Waals surface area contributed by atoms with Gasteiger partial charge in [0.15, 0.2) is 5.78 Å². The first-order chi connectivity index (χ1) is 9.08. The Hall–Kier alpha value is -1.82. The quantitative estimate of drug-likeness (QED) is 0.560. The van der Waals surface area contributed by atoms with E-state index in [4.69, 9.17) is 5.73 Å². The van der Waals surface area contributed by atoms with Crippen LogP contribution in [0.15, 0.2) is 12.3 Å². The number of hydrogen-bond acceptors (Lipinski definition) is 5. The Morgan fingerprint density at radius 2 is 2.37 bits per heavy atom. The number of aromatic amines is 1. The van der Waals surface area contributed by atoms with E-state index in [1.807, 2.05) is 19.2 Å². The minimum Gasteiger partial charge on any atom is -0.397 e. The number of nitrogens with one attached hydrogen (secondary N) is 2. The smallest absolute Gasteiger partial charge is 0.171 e. The topological polar surface area (TPSA) is 83.8 Å². The molecule has 0 radical (unpaired) electrons. The Morgan fingerprint density at radius 3 is 2.95 bits per heavy atom. The Morgan fingerprint density at radius 1 is 1.58 bits per heavy atom. The number of aromatic nitrogens is 2. The number of anilines is 2. The lowest BCUT2D eigenvalue weighted by Gasteiger charge is -2.02. The third-order valence-electron chi connectivity index (χ3n) is 2.94. The first kappa shape index (κ1) is 13.6. The maximum absolute atomic E-state index is 11.3. The summed E-state index contributed by atoms with van der Waals surface area (Å²) in [6.45, 7) is 4.41. The van der Waals surface area contributed by atoms with E-state index in [9.17, 15) is 4.79 Å². The van der Waals surface area contributed by atoms with Gasteiger partial charge in [-0.3, -0.25) is 9.89 Å². The number of thiophene rings is 1. The van der Waals surface area contributed by atoms with Gasteiger partial charge < -0.3 is 11.1 Å². The molecule has 4 N–H and O–H groups in total. The molecule has 2 aromatic rings. The molecule has 2 rings (SSSR count).